The van der Waals surface area contributed by atoms with Gasteiger partial charge in [-0.2, -0.15) is 0 Å². The molecule has 1 aliphatic rings. The Morgan fingerprint density at radius 1 is 1.21 bits per heavy atom. The van der Waals surface area contributed by atoms with Crippen LogP contribution in [-0.2, 0) is 9.84 Å². The van der Waals surface area contributed by atoms with Crippen molar-refractivity contribution in [2.24, 2.45) is 0 Å². The van der Waals surface area contributed by atoms with Gasteiger partial charge in [0, 0.05) is 23.3 Å². The number of rotatable bonds is 3. The molecule has 0 spiro atoms. The third-order valence-electron chi connectivity index (χ3n) is 4.08. The topological polar surface area (TPSA) is 85.1 Å². The molecule has 0 bridgehead atoms. The summed E-state index contributed by atoms with van der Waals surface area (Å²) in [6, 6.07) is 9.31. The van der Waals surface area contributed by atoms with Crippen LogP contribution in [0.1, 0.15) is 6.04 Å². The van der Waals surface area contributed by atoms with Crippen LogP contribution in [0.3, 0.4) is 0 Å². The number of hydrogen-bond donors (Lipinski definition) is 1. The smallest absolute Gasteiger partial charge is 0.169 e. The predicted molar refractivity (Wildman–Crippen MR) is 92.5 cm³/mol. The number of aromatic nitrogens is 3. The molecular formula is C16H15N3O3S2. The van der Waals surface area contributed by atoms with E-state index in [1.54, 1.807) is 17.0 Å². The molecule has 24 heavy (non-hydrogen) atoms. The molecule has 1 N–H and O–H groups in total. The Labute approximate surface area is 143 Å². The zero-order valence-electron chi connectivity index (χ0n) is 12.6. The van der Waals surface area contributed by atoms with Crippen LogP contribution in [0.25, 0.3) is 22.1 Å². The molecule has 1 aromatic carbocycles. The van der Waals surface area contributed by atoms with Crippen LogP contribution in [0.4, 0.5) is 0 Å². The maximum Gasteiger partial charge on any atom is 0.169 e. The van der Waals surface area contributed by atoms with Crippen molar-refractivity contribution < 1.29 is 13.5 Å². The summed E-state index contributed by atoms with van der Waals surface area (Å²) in [6.07, 6.45) is 2.39. The summed E-state index contributed by atoms with van der Waals surface area (Å²) in [5.74, 6) is 0.306. The molecule has 1 saturated heterocycles. The van der Waals surface area contributed by atoms with Crippen LogP contribution in [0, 0.1) is 0 Å². The molecule has 0 aliphatic carbocycles. The molecule has 0 amide bonds. The van der Waals surface area contributed by atoms with E-state index in [9.17, 15) is 13.5 Å². The first kappa shape index (κ1) is 15.5. The highest BCUT2D eigenvalue weighted by atomic mass is 32.2. The summed E-state index contributed by atoms with van der Waals surface area (Å²) in [6.45, 7) is 0. The number of aliphatic hydroxyl groups excluding tert-OH is 1. The lowest BCUT2D eigenvalue weighted by Crippen LogP contribution is -2.22. The molecular weight excluding hydrogens is 346 g/mol. The van der Waals surface area contributed by atoms with Gasteiger partial charge in [-0.3, -0.25) is 0 Å². The first-order chi connectivity index (χ1) is 11.5. The quantitative estimate of drug-likeness (QED) is 0.771. The number of nitrogens with zero attached hydrogens (tertiary/aromatic N) is 3. The average Bonchev–Trinajstić information content (AvgIpc) is 3.26. The van der Waals surface area contributed by atoms with E-state index in [4.69, 9.17) is 0 Å². The molecule has 3 aromatic rings. The number of thiazole rings is 1. The Morgan fingerprint density at radius 3 is 2.71 bits per heavy atom. The first-order valence-electron chi connectivity index (χ1n) is 7.46. The van der Waals surface area contributed by atoms with E-state index in [0.717, 1.165) is 11.3 Å². The molecule has 2 atom stereocenters. The Kier molecular flexibility index (Phi) is 3.75. The van der Waals surface area contributed by atoms with Crippen LogP contribution in [0.15, 0.2) is 48.1 Å². The Bertz CT molecular complexity index is 963. The minimum Gasteiger partial charge on any atom is -0.390 e. The van der Waals surface area contributed by atoms with Gasteiger partial charge in [-0.1, -0.05) is 30.3 Å². The van der Waals surface area contributed by atoms with Crippen molar-refractivity contribution in [3.05, 3.63) is 48.1 Å². The van der Waals surface area contributed by atoms with Gasteiger partial charge in [0.15, 0.2) is 20.7 Å². The summed E-state index contributed by atoms with van der Waals surface area (Å²) in [4.78, 5) is 8.95. The zero-order valence-corrected chi connectivity index (χ0v) is 14.2. The highest BCUT2D eigenvalue weighted by molar-refractivity contribution is 7.91. The van der Waals surface area contributed by atoms with Crippen molar-refractivity contribution >= 4 is 21.2 Å². The number of benzene rings is 1. The first-order valence-corrected chi connectivity index (χ1v) is 10.2. The molecule has 0 saturated carbocycles. The van der Waals surface area contributed by atoms with Crippen molar-refractivity contribution in [1.29, 1.82) is 0 Å². The SMILES string of the molecule is O=S1(=O)C[C@H](O)[C@@H](n2ccnc2-c2nc(-c3ccccc3)cs2)C1. The third-order valence-corrected chi connectivity index (χ3v) is 6.62. The lowest BCUT2D eigenvalue weighted by Gasteiger charge is -2.16. The van der Waals surface area contributed by atoms with Crippen molar-refractivity contribution in [3.8, 4) is 22.1 Å². The molecule has 4 rings (SSSR count). The molecule has 0 unspecified atom stereocenters. The molecule has 1 fully saturated rings. The van der Waals surface area contributed by atoms with Crippen molar-refractivity contribution in [1.82, 2.24) is 14.5 Å². The second kappa shape index (κ2) is 5.80. The number of aliphatic hydroxyl groups is 1. The zero-order chi connectivity index (χ0) is 16.7. The van der Waals surface area contributed by atoms with Crippen LogP contribution in [0.2, 0.25) is 0 Å². The van der Waals surface area contributed by atoms with E-state index in [2.05, 4.69) is 9.97 Å². The fraction of sp³-hybridized carbons (Fsp3) is 0.250. The van der Waals surface area contributed by atoms with E-state index in [0.29, 0.717) is 10.8 Å². The van der Waals surface area contributed by atoms with Gasteiger partial charge < -0.3 is 9.67 Å². The average molecular weight is 361 g/mol. The molecule has 2 aromatic heterocycles. The molecule has 3 heterocycles. The predicted octanol–water partition coefficient (Wildman–Crippen LogP) is 2.00. The maximum absolute atomic E-state index is 11.8. The summed E-state index contributed by atoms with van der Waals surface area (Å²) < 4.78 is 25.3. The van der Waals surface area contributed by atoms with Crippen LogP contribution >= 0.6 is 11.3 Å². The minimum atomic E-state index is -3.22. The van der Waals surface area contributed by atoms with E-state index >= 15 is 0 Å². The van der Waals surface area contributed by atoms with Crippen LogP contribution < -0.4 is 0 Å². The van der Waals surface area contributed by atoms with Gasteiger partial charge in [0.1, 0.15) is 0 Å². The van der Waals surface area contributed by atoms with E-state index in [-0.39, 0.29) is 11.5 Å². The highest BCUT2D eigenvalue weighted by Crippen LogP contribution is 2.32. The Hall–Kier alpha value is -2.03. The fourth-order valence-electron chi connectivity index (χ4n) is 2.94. The van der Waals surface area contributed by atoms with Gasteiger partial charge in [0.2, 0.25) is 0 Å². The van der Waals surface area contributed by atoms with Gasteiger partial charge in [0.25, 0.3) is 0 Å². The fourth-order valence-corrected chi connectivity index (χ4v) is 5.55. The normalized spacial score (nSPS) is 22.7. The van der Waals surface area contributed by atoms with Crippen molar-refractivity contribution in [2.75, 3.05) is 11.5 Å². The van der Waals surface area contributed by atoms with Gasteiger partial charge in [0.05, 0.1) is 29.3 Å². The minimum absolute atomic E-state index is 0.0750. The maximum atomic E-state index is 11.8. The lowest BCUT2D eigenvalue weighted by atomic mass is 10.2. The molecule has 6 nitrogen and oxygen atoms in total. The third kappa shape index (κ3) is 2.77. The van der Waals surface area contributed by atoms with Crippen molar-refractivity contribution in [3.63, 3.8) is 0 Å². The van der Waals surface area contributed by atoms with E-state index in [1.807, 2.05) is 35.7 Å². The van der Waals surface area contributed by atoms with E-state index in [1.165, 1.54) is 11.3 Å². The van der Waals surface area contributed by atoms with Gasteiger partial charge in [-0.15, -0.1) is 11.3 Å². The molecule has 8 heteroatoms. The second-order valence-electron chi connectivity index (χ2n) is 5.77. The number of sulfone groups is 1. The van der Waals surface area contributed by atoms with Crippen LogP contribution in [0.5, 0.6) is 0 Å². The molecule has 0 radical (unpaired) electrons. The largest absolute Gasteiger partial charge is 0.390 e. The van der Waals surface area contributed by atoms with Gasteiger partial charge in [-0.05, 0) is 0 Å². The summed E-state index contributed by atoms with van der Waals surface area (Å²) in [5, 5.41) is 12.8. The van der Waals surface area contributed by atoms with Gasteiger partial charge in [-0.25, -0.2) is 18.4 Å². The highest BCUT2D eigenvalue weighted by Gasteiger charge is 2.38. The Morgan fingerprint density at radius 2 is 2.00 bits per heavy atom. The lowest BCUT2D eigenvalue weighted by molar-refractivity contribution is 0.154. The molecule has 124 valence electrons. The summed E-state index contributed by atoms with van der Waals surface area (Å²) in [7, 11) is -3.22. The monoisotopic (exact) mass is 361 g/mol. The second-order valence-corrected chi connectivity index (χ2v) is 8.79. The standard InChI is InChI=1S/C16H15N3O3S2/c20-14-10-24(21,22)9-13(14)19-7-6-17-15(19)16-18-12(8-23-16)11-4-2-1-3-5-11/h1-8,13-14,20H,9-10H2/t13-,14-/m0/s1. The van der Waals surface area contributed by atoms with Crippen molar-refractivity contribution in [2.45, 2.75) is 12.1 Å². The number of hydrogen-bond acceptors (Lipinski definition) is 6. The van der Waals surface area contributed by atoms with E-state index < -0.39 is 22.0 Å². The summed E-state index contributed by atoms with van der Waals surface area (Å²) >= 11 is 1.45. The molecule has 1 aliphatic heterocycles. The van der Waals surface area contributed by atoms with Crippen LogP contribution in [-0.4, -0.2) is 45.7 Å². The number of imidazole rings is 1. The van der Waals surface area contributed by atoms with Gasteiger partial charge >= 0.3 is 0 Å². The Balaban J connectivity index is 1.70. The summed E-state index contributed by atoms with van der Waals surface area (Å²) in [5.41, 5.74) is 1.87.